The first-order chi connectivity index (χ1) is 8.74. The van der Waals surface area contributed by atoms with Crippen molar-refractivity contribution in [3.05, 3.63) is 34.9 Å². The molecule has 0 aromatic heterocycles. The summed E-state index contributed by atoms with van der Waals surface area (Å²) in [6, 6.07) is 7.44. The lowest BCUT2D eigenvalue weighted by Crippen LogP contribution is -2.29. The number of hydrogen-bond donors (Lipinski definition) is 2. The molecule has 1 saturated carbocycles. The van der Waals surface area contributed by atoms with Crippen LogP contribution in [0.25, 0.3) is 0 Å². The van der Waals surface area contributed by atoms with Crippen LogP contribution in [-0.4, -0.2) is 25.5 Å². The highest BCUT2D eigenvalue weighted by atomic mass is 35.5. The number of carbonyl (C=O) groups is 1. The fourth-order valence-electron chi connectivity index (χ4n) is 2.93. The smallest absolute Gasteiger partial charge is 0.224 e. The molecule has 18 heavy (non-hydrogen) atoms. The fraction of sp³-hybridized carbons (Fsp3) is 0.500. The number of halogens is 1. The molecular weight excluding hydrogens is 248 g/mol. The standard InChI is InChI=1S/C14H17ClN2O/c15-10-3-1-9(2-4-10)5-14(18)17-8-13-11-6-16-7-12(11)13/h1-4,11-13,16H,5-8H2,(H,17,18). The second-order valence-corrected chi connectivity index (χ2v) is 5.69. The van der Waals surface area contributed by atoms with E-state index < -0.39 is 0 Å². The van der Waals surface area contributed by atoms with Crippen molar-refractivity contribution in [1.29, 1.82) is 0 Å². The molecule has 0 spiro atoms. The van der Waals surface area contributed by atoms with E-state index >= 15 is 0 Å². The first-order valence-electron chi connectivity index (χ1n) is 6.46. The Bertz CT molecular complexity index is 436. The number of nitrogens with one attached hydrogen (secondary N) is 2. The third-order valence-corrected chi connectivity index (χ3v) is 4.33. The van der Waals surface area contributed by atoms with E-state index in [1.165, 1.54) is 0 Å². The van der Waals surface area contributed by atoms with Gasteiger partial charge in [-0.05, 0) is 48.5 Å². The van der Waals surface area contributed by atoms with Crippen LogP contribution >= 0.6 is 11.6 Å². The fourth-order valence-corrected chi connectivity index (χ4v) is 3.06. The molecule has 4 heteroatoms. The van der Waals surface area contributed by atoms with Crippen LogP contribution in [-0.2, 0) is 11.2 Å². The van der Waals surface area contributed by atoms with Gasteiger partial charge in [0.05, 0.1) is 6.42 Å². The lowest BCUT2D eigenvalue weighted by atomic mass is 10.1. The van der Waals surface area contributed by atoms with E-state index in [4.69, 9.17) is 11.6 Å². The highest BCUT2D eigenvalue weighted by Crippen LogP contribution is 2.47. The number of rotatable bonds is 4. The van der Waals surface area contributed by atoms with Gasteiger partial charge in [0.25, 0.3) is 0 Å². The number of piperidine rings is 1. The van der Waals surface area contributed by atoms with Crippen molar-refractivity contribution in [1.82, 2.24) is 10.6 Å². The number of fused-ring (bicyclic) bond motifs is 1. The molecule has 2 atom stereocenters. The summed E-state index contributed by atoms with van der Waals surface area (Å²) in [6.45, 7) is 3.09. The third-order valence-electron chi connectivity index (χ3n) is 4.08. The lowest BCUT2D eigenvalue weighted by Gasteiger charge is -2.07. The minimum Gasteiger partial charge on any atom is -0.356 e. The van der Waals surface area contributed by atoms with Gasteiger partial charge in [-0.25, -0.2) is 0 Å². The van der Waals surface area contributed by atoms with Crippen molar-refractivity contribution < 1.29 is 4.79 Å². The van der Waals surface area contributed by atoms with E-state index in [9.17, 15) is 4.79 Å². The predicted molar refractivity (Wildman–Crippen MR) is 71.5 cm³/mol. The summed E-state index contributed by atoms with van der Waals surface area (Å²) < 4.78 is 0. The number of amides is 1. The molecular formula is C14H17ClN2O. The molecule has 0 radical (unpaired) electrons. The molecule has 2 fully saturated rings. The zero-order chi connectivity index (χ0) is 12.5. The van der Waals surface area contributed by atoms with Crippen molar-refractivity contribution in [2.45, 2.75) is 6.42 Å². The molecule has 3 rings (SSSR count). The van der Waals surface area contributed by atoms with E-state index in [1.54, 1.807) is 0 Å². The van der Waals surface area contributed by atoms with Crippen LogP contribution in [0, 0.1) is 17.8 Å². The normalized spacial score (nSPS) is 28.8. The quantitative estimate of drug-likeness (QED) is 0.865. The van der Waals surface area contributed by atoms with Gasteiger partial charge >= 0.3 is 0 Å². The Kier molecular flexibility index (Phi) is 3.27. The molecule has 0 bridgehead atoms. The first-order valence-corrected chi connectivity index (χ1v) is 6.83. The zero-order valence-corrected chi connectivity index (χ0v) is 10.9. The Hall–Kier alpha value is -1.06. The molecule has 3 nitrogen and oxygen atoms in total. The molecule has 1 aromatic rings. The highest BCUT2D eigenvalue weighted by molar-refractivity contribution is 6.30. The van der Waals surface area contributed by atoms with Crippen molar-refractivity contribution in [2.75, 3.05) is 19.6 Å². The Balaban J connectivity index is 1.43. The summed E-state index contributed by atoms with van der Waals surface area (Å²) in [7, 11) is 0. The number of carbonyl (C=O) groups excluding carboxylic acids is 1. The van der Waals surface area contributed by atoms with Gasteiger partial charge in [-0.2, -0.15) is 0 Å². The summed E-state index contributed by atoms with van der Waals surface area (Å²) in [5.41, 5.74) is 1.01. The minimum absolute atomic E-state index is 0.107. The van der Waals surface area contributed by atoms with Gasteiger partial charge in [0.15, 0.2) is 0 Å². The van der Waals surface area contributed by atoms with Gasteiger partial charge in [-0.3, -0.25) is 4.79 Å². The minimum atomic E-state index is 0.107. The maximum atomic E-state index is 11.8. The van der Waals surface area contributed by atoms with Crippen LogP contribution in [0.15, 0.2) is 24.3 Å². The summed E-state index contributed by atoms with van der Waals surface area (Å²) in [5.74, 6) is 2.43. The molecule has 2 N–H and O–H groups in total. The largest absolute Gasteiger partial charge is 0.356 e. The molecule has 1 heterocycles. The molecule has 2 aliphatic rings. The predicted octanol–water partition coefficient (Wildman–Crippen LogP) is 1.46. The maximum absolute atomic E-state index is 11.8. The van der Waals surface area contributed by atoms with Crippen LogP contribution in [0.4, 0.5) is 0 Å². The average molecular weight is 265 g/mol. The van der Waals surface area contributed by atoms with Crippen LogP contribution in [0.3, 0.4) is 0 Å². The monoisotopic (exact) mass is 264 g/mol. The van der Waals surface area contributed by atoms with E-state index in [-0.39, 0.29) is 5.91 Å². The van der Waals surface area contributed by atoms with Crippen molar-refractivity contribution >= 4 is 17.5 Å². The van der Waals surface area contributed by atoms with Gasteiger partial charge in [0.2, 0.25) is 5.91 Å². The van der Waals surface area contributed by atoms with Crippen LogP contribution in [0.5, 0.6) is 0 Å². The highest BCUT2D eigenvalue weighted by Gasteiger charge is 2.52. The Labute approximate surface area is 112 Å². The van der Waals surface area contributed by atoms with Gasteiger partial charge in [-0.15, -0.1) is 0 Å². The zero-order valence-electron chi connectivity index (χ0n) is 10.2. The van der Waals surface area contributed by atoms with E-state index in [2.05, 4.69) is 10.6 Å². The first kappa shape index (κ1) is 12.0. The average Bonchev–Trinajstić information content (AvgIpc) is 2.80. The molecule has 96 valence electrons. The van der Waals surface area contributed by atoms with Crippen molar-refractivity contribution in [3.63, 3.8) is 0 Å². The van der Waals surface area contributed by atoms with E-state index in [0.717, 1.165) is 37.0 Å². The molecule has 1 amide bonds. The Morgan fingerprint density at radius 1 is 1.28 bits per heavy atom. The summed E-state index contributed by atoms with van der Waals surface area (Å²) >= 11 is 5.81. The third kappa shape index (κ3) is 2.52. The SMILES string of the molecule is O=C(Cc1ccc(Cl)cc1)NCC1C2CNCC21. The van der Waals surface area contributed by atoms with Crippen LogP contribution in [0.2, 0.25) is 5.02 Å². The van der Waals surface area contributed by atoms with Crippen LogP contribution < -0.4 is 10.6 Å². The topological polar surface area (TPSA) is 41.1 Å². The Morgan fingerprint density at radius 3 is 2.61 bits per heavy atom. The second-order valence-electron chi connectivity index (χ2n) is 5.26. The van der Waals surface area contributed by atoms with Gasteiger partial charge in [0, 0.05) is 11.6 Å². The van der Waals surface area contributed by atoms with E-state index in [1.807, 2.05) is 24.3 Å². The molecule has 2 unspecified atom stereocenters. The van der Waals surface area contributed by atoms with Gasteiger partial charge in [0.1, 0.15) is 0 Å². The van der Waals surface area contributed by atoms with Crippen molar-refractivity contribution in [3.8, 4) is 0 Å². The second kappa shape index (κ2) is 4.90. The Morgan fingerprint density at radius 2 is 1.94 bits per heavy atom. The van der Waals surface area contributed by atoms with Gasteiger partial charge < -0.3 is 10.6 Å². The maximum Gasteiger partial charge on any atom is 0.224 e. The van der Waals surface area contributed by atoms with Crippen molar-refractivity contribution in [2.24, 2.45) is 17.8 Å². The molecule has 1 saturated heterocycles. The van der Waals surface area contributed by atoms with E-state index in [0.29, 0.717) is 17.4 Å². The summed E-state index contributed by atoms with van der Waals surface area (Å²) in [6.07, 6.45) is 0.442. The lowest BCUT2D eigenvalue weighted by molar-refractivity contribution is -0.120. The molecule has 1 aliphatic heterocycles. The molecule has 1 aromatic carbocycles. The summed E-state index contributed by atoms with van der Waals surface area (Å²) in [4.78, 5) is 11.8. The number of hydrogen-bond acceptors (Lipinski definition) is 2. The van der Waals surface area contributed by atoms with Gasteiger partial charge in [-0.1, -0.05) is 23.7 Å². The van der Waals surface area contributed by atoms with Crippen LogP contribution in [0.1, 0.15) is 5.56 Å². The summed E-state index contributed by atoms with van der Waals surface area (Å²) in [5, 5.41) is 7.10. The molecule has 1 aliphatic carbocycles. The number of benzene rings is 1.